The number of fused-ring (bicyclic) bond motifs is 1. The SMILES string of the molecule is CCC(C)CCOc1ccc2cc(-c3ccncc3)ccc2n1. The van der Waals surface area contributed by atoms with Gasteiger partial charge in [0.05, 0.1) is 12.1 Å². The third-order valence-electron chi connectivity index (χ3n) is 4.23. The minimum Gasteiger partial charge on any atom is -0.478 e. The average Bonchev–Trinajstić information content (AvgIpc) is 2.61. The van der Waals surface area contributed by atoms with Gasteiger partial charge in [-0.15, -0.1) is 0 Å². The fourth-order valence-corrected chi connectivity index (χ4v) is 2.48. The van der Waals surface area contributed by atoms with E-state index in [2.05, 4.69) is 42.0 Å². The van der Waals surface area contributed by atoms with Crippen molar-refractivity contribution in [3.05, 3.63) is 54.9 Å². The molecule has 0 N–H and O–H groups in total. The molecule has 0 fully saturated rings. The predicted octanol–water partition coefficient (Wildman–Crippen LogP) is 5.11. The zero-order chi connectivity index (χ0) is 16.1. The molecule has 118 valence electrons. The molecule has 2 heterocycles. The fraction of sp³-hybridized carbons (Fsp3) is 0.300. The molecule has 0 saturated carbocycles. The van der Waals surface area contributed by atoms with E-state index in [-0.39, 0.29) is 0 Å². The Morgan fingerprint density at radius 2 is 1.83 bits per heavy atom. The summed E-state index contributed by atoms with van der Waals surface area (Å²) in [5, 5.41) is 1.12. The van der Waals surface area contributed by atoms with Gasteiger partial charge in [0.25, 0.3) is 0 Å². The molecular formula is C20H22N2O. The lowest BCUT2D eigenvalue weighted by Gasteiger charge is -2.10. The van der Waals surface area contributed by atoms with Crippen LogP contribution in [0.15, 0.2) is 54.9 Å². The number of ether oxygens (including phenoxy) is 1. The standard InChI is InChI=1S/C20H22N2O/c1-3-15(2)10-13-23-20-7-5-18-14-17(4-6-19(18)22-20)16-8-11-21-12-9-16/h4-9,11-12,14-15H,3,10,13H2,1-2H3. The first kappa shape index (κ1) is 15.5. The Kier molecular flexibility index (Phi) is 4.86. The number of hydrogen-bond donors (Lipinski definition) is 0. The van der Waals surface area contributed by atoms with E-state index >= 15 is 0 Å². The number of benzene rings is 1. The molecule has 1 aromatic carbocycles. The lowest BCUT2D eigenvalue weighted by molar-refractivity contribution is 0.273. The first-order chi connectivity index (χ1) is 11.3. The van der Waals surface area contributed by atoms with Gasteiger partial charge >= 0.3 is 0 Å². The second kappa shape index (κ2) is 7.23. The van der Waals surface area contributed by atoms with Gasteiger partial charge in [-0.25, -0.2) is 4.98 Å². The molecule has 2 aromatic heterocycles. The number of pyridine rings is 2. The predicted molar refractivity (Wildman–Crippen MR) is 94.5 cm³/mol. The molecule has 3 heteroatoms. The first-order valence-corrected chi connectivity index (χ1v) is 8.20. The van der Waals surface area contributed by atoms with E-state index in [1.54, 1.807) is 0 Å². The van der Waals surface area contributed by atoms with Crippen LogP contribution >= 0.6 is 0 Å². The smallest absolute Gasteiger partial charge is 0.213 e. The summed E-state index contributed by atoms with van der Waals surface area (Å²) in [6.07, 6.45) is 5.88. The third kappa shape index (κ3) is 3.86. The van der Waals surface area contributed by atoms with Crippen molar-refractivity contribution >= 4 is 10.9 Å². The maximum atomic E-state index is 5.78. The molecule has 0 bridgehead atoms. The summed E-state index contributed by atoms with van der Waals surface area (Å²) in [5.74, 6) is 1.40. The number of hydrogen-bond acceptors (Lipinski definition) is 3. The van der Waals surface area contributed by atoms with Crippen LogP contribution in [0.2, 0.25) is 0 Å². The second-order valence-corrected chi connectivity index (χ2v) is 5.94. The van der Waals surface area contributed by atoms with Gasteiger partial charge in [-0.05, 0) is 53.8 Å². The summed E-state index contributed by atoms with van der Waals surface area (Å²) in [7, 11) is 0. The summed E-state index contributed by atoms with van der Waals surface area (Å²) in [4.78, 5) is 8.66. The monoisotopic (exact) mass is 306 g/mol. The van der Waals surface area contributed by atoms with Gasteiger partial charge in [0.15, 0.2) is 0 Å². The molecule has 1 unspecified atom stereocenters. The van der Waals surface area contributed by atoms with Crippen LogP contribution in [0.1, 0.15) is 26.7 Å². The van der Waals surface area contributed by atoms with Crippen LogP contribution in [0, 0.1) is 5.92 Å². The highest BCUT2D eigenvalue weighted by atomic mass is 16.5. The molecule has 0 aliphatic rings. The largest absolute Gasteiger partial charge is 0.478 e. The minimum atomic E-state index is 0.693. The van der Waals surface area contributed by atoms with E-state index in [1.807, 2.05) is 36.7 Å². The summed E-state index contributed by atoms with van der Waals surface area (Å²) >= 11 is 0. The number of rotatable bonds is 6. The van der Waals surface area contributed by atoms with Crippen molar-refractivity contribution in [1.82, 2.24) is 9.97 Å². The Labute approximate surface area is 137 Å². The van der Waals surface area contributed by atoms with E-state index in [4.69, 9.17) is 4.74 Å². The summed E-state index contributed by atoms with van der Waals surface area (Å²) < 4.78 is 5.78. The van der Waals surface area contributed by atoms with Crippen LogP contribution in [-0.4, -0.2) is 16.6 Å². The minimum absolute atomic E-state index is 0.693. The summed E-state index contributed by atoms with van der Waals surface area (Å²) in [6.45, 7) is 5.18. The van der Waals surface area contributed by atoms with Gasteiger partial charge in [0, 0.05) is 23.8 Å². The lowest BCUT2D eigenvalue weighted by atomic mass is 10.0. The van der Waals surface area contributed by atoms with Gasteiger partial charge in [-0.2, -0.15) is 0 Å². The first-order valence-electron chi connectivity index (χ1n) is 8.20. The van der Waals surface area contributed by atoms with Crippen molar-refractivity contribution in [3.8, 4) is 17.0 Å². The maximum absolute atomic E-state index is 5.78. The van der Waals surface area contributed by atoms with E-state index in [9.17, 15) is 0 Å². The van der Waals surface area contributed by atoms with Crippen LogP contribution < -0.4 is 4.74 Å². The molecule has 0 amide bonds. The zero-order valence-electron chi connectivity index (χ0n) is 13.7. The van der Waals surface area contributed by atoms with Crippen molar-refractivity contribution in [2.45, 2.75) is 26.7 Å². The van der Waals surface area contributed by atoms with Crippen molar-refractivity contribution < 1.29 is 4.74 Å². The lowest BCUT2D eigenvalue weighted by Crippen LogP contribution is -2.04. The van der Waals surface area contributed by atoms with Crippen molar-refractivity contribution in [2.24, 2.45) is 5.92 Å². The molecule has 0 radical (unpaired) electrons. The van der Waals surface area contributed by atoms with Gasteiger partial charge in [0.2, 0.25) is 5.88 Å². The Morgan fingerprint density at radius 1 is 1.00 bits per heavy atom. The van der Waals surface area contributed by atoms with Gasteiger partial charge in [0.1, 0.15) is 0 Å². The van der Waals surface area contributed by atoms with Crippen LogP contribution in [0.4, 0.5) is 0 Å². The van der Waals surface area contributed by atoms with E-state index in [0.29, 0.717) is 11.8 Å². The quantitative estimate of drug-likeness (QED) is 0.634. The molecule has 0 saturated heterocycles. The highest BCUT2D eigenvalue weighted by molar-refractivity contribution is 5.84. The highest BCUT2D eigenvalue weighted by Gasteiger charge is 2.04. The fourth-order valence-electron chi connectivity index (χ4n) is 2.48. The van der Waals surface area contributed by atoms with Crippen molar-refractivity contribution in [2.75, 3.05) is 6.61 Å². The van der Waals surface area contributed by atoms with E-state index < -0.39 is 0 Å². The van der Waals surface area contributed by atoms with Crippen molar-refractivity contribution in [1.29, 1.82) is 0 Å². The molecule has 3 aromatic rings. The molecule has 1 atom stereocenters. The Balaban J connectivity index is 1.76. The second-order valence-electron chi connectivity index (χ2n) is 5.94. The average molecular weight is 306 g/mol. The zero-order valence-corrected chi connectivity index (χ0v) is 13.7. The molecular weight excluding hydrogens is 284 g/mol. The molecule has 0 aliphatic heterocycles. The Hall–Kier alpha value is -2.42. The topological polar surface area (TPSA) is 35.0 Å². The Morgan fingerprint density at radius 3 is 2.61 bits per heavy atom. The summed E-state index contributed by atoms with van der Waals surface area (Å²) in [5.41, 5.74) is 3.30. The Bertz CT molecular complexity index is 771. The molecule has 0 spiro atoms. The van der Waals surface area contributed by atoms with E-state index in [1.165, 1.54) is 12.0 Å². The normalized spacial score (nSPS) is 12.3. The number of aromatic nitrogens is 2. The van der Waals surface area contributed by atoms with Crippen LogP contribution in [0.3, 0.4) is 0 Å². The van der Waals surface area contributed by atoms with Gasteiger partial charge in [-0.1, -0.05) is 26.3 Å². The maximum Gasteiger partial charge on any atom is 0.213 e. The van der Waals surface area contributed by atoms with Crippen molar-refractivity contribution in [3.63, 3.8) is 0 Å². The number of nitrogens with zero attached hydrogens (tertiary/aromatic N) is 2. The highest BCUT2D eigenvalue weighted by Crippen LogP contribution is 2.24. The molecule has 0 aliphatic carbocycles. The summed E-state index contributed by atoms with van der Waals surface area (Å²) in [6, 6.07) is 14.4. The van der Waals surface area contributed by atoms with Gasteiger partial charge < -0.3 is 4.74 Å². The molecule has 3 rings (SSSR count). The van der Waals surface area contributed by atoms with E-state index in [0.717, 1.165) is 29.5 Å². The molecule has 23 heavy (non-hydrogen) atoms. The van der Waals surface area contributed by atoms with Crippen LogP contribution in [0.25, 0.3) is 22.0 Å². The van der Waals surface area contributed by atoms with Gasteiger partial charge in [-0.3, -0.25) is 4.98 Å². The third-order valence-corrected chi connectivity index (χ3v) is 4.23. The van der Waals surface area contributed by atoms with Crippen LogP contribution in [0.5, 0.6) is 5.88 Å². The van der Waals surface area contributed by atoms with Crippen LogP contribution in [-0.2, 0) is 0 Å². The molecule has 3 nitrogen and oxygen atoms in total.